The Labute approximate surface area is 130 Å². The van der Waals surface area contributed by atoms with E-state index >= 15 is 0 Å². The first-order chi connectivity index (χ1) is 9.97. The molecule has 6 nitrogen and oxygen atoms in total. The summed E-state index contributed by atoms with van der Waals surface area (Å²) in [6.07, 6.45) is 0.727. The second-order valence-corrected chi connectivity index (χ2v) is 8.46. The fourth-order valence-corrected chi connectivity index (χ4v) is 4.20. The smallest absolute Gasteiger partial charge is 0.407 e. The van der Waals surface area contributed by atoms with Gasteiger partial charge < -0.3 is 23.8 Å². The van der Waals surface area contributed by atoms with Crippen LogP contribution in [0.5, 0.6) is 0 Å². The van der Waals surface area contributed by atoms with Gasteiger partial charge >= 0.3 is 14.7 Å². The van der Waals surface area contributed by atoms with Crippen LogP contribution in [0.2, 0.25) is 12.6 Å². The van der Waals surface area contributed by atoms with Gasteiger partial charge in [-0.3, -0.25) is 0 Å². The van der Waals surface area contributed by atoms with Crippen molar-refractivity contribution in [3.8, 4) is 0 Å². The van der Waals surface area contributed by atoms with E-state index in [0.29, 0.717) is 26.4 Å². The predicted molar refractivity (Wildman–Crippen MR) is 86.8 cm³/mol. The van der Waals surface area contributed by atoms with Crippen molar-refractivity contribution in [2.75, 3.05) is 46.5 Å². The Kier molecular flexibility index (Phi) is 11.6. The highest BCUT2D eigenvalue weighted by molar-refractivity contribution is 6.66. The van der Waals surface area contributed by atoms with Gasteiger partial charge in [-0.15, -0.1) is 0 Å². The van der Waals surface area contributed by atoms with Crippen LogP contribution < -0.4 is 5.32 Å². The minimum absolute atomic E-state index is 0.371. The van der Waals surface area contributed by atoms with Gasteiger partial charge in [-0.05, 0) is 40.4 Å². The molecule has 0 bridgehead atoms. The van der Waals surface area contributed by atoms with Crippen LogP contribution >= 0.6 is 0 Å². The van der Waals surface area contributed by atoms with Gasteiger partial charge in [-0.1, -0.05) is 6.92 Å². The van der Waals surface area contributed by atoms with Crippen molar-refractivity contribution in [1.29, 1.82) is 0 Å². The zero-order valence-corrected chi connectivity index (χ0v) is 15.2. The molecule has 0 unspecified atom stereocenters. The molecule has 0 aliphatic heterocycles. The summed E-state index contributed by atoms with van der Waals surface area (Å²) in [6, 6.07) is 0.722. The molecule has 1 amide bonds. The number of hydrogen-bond donors (Lipinski definition) is 1. The Morgan fingerprint density at radius 2 is 1.76 bits per heavy atom. The number of carbonyl (C=O) groups excluding carboxylic acids is 1. The zero-order valence-electron chi connectivity index (χ0n) is 14.2. The second kappa shape index (κ2) is 12.0. The van der Waals surface area contributed by atoms with Crippen LogP contribution in [0.1, 0.15) is 27.2 Å². The standard InChI is InChI=1S/C14H32N2O4Si/c1-6-10-16(4)11-12-18-14(17)15-9-13-21(5,19-7-2)20-8-3/h6-13H2,1-5H3,(H,15,17). The van der Waals surface area contributed by atoms with E-state index in [2.05, 4.69) is 17.1 Å². The van der Waals surface area contributed by atoms with Crippen molar-refractivity contribution in [3.63, 3.8) is 0 Å². The molecule has 0 heterocycles. The van der Waals surface area contributed by atoms with Crippen LogP contribution in [0, 0.1) is 0 Å². The first kappa shape index (κ1) is 20.4. The third-order valence-corrected chi connectivity index (χ3v) is 6.02. The molecule has 0 spiro atoms. The number of carbonyl (C=O) groups is 1. The van der Waals surface area contributed by atoms with Crippen LogP contribution in [-0.2, 0) is 13.6 Å². The van der Waals surface area contributed by atoms with E-state index in [9.17, 15) is 4.79 Å². The van der Waals surface area contributed by atoms with Crippen molar-refractivity contribution in [1.82, 2.24) is 10.2 Å². The Hall–Kier alpha value is -0.633. The zero-order chi connectivity index (χ0) is 16.1. The van der Waals surface area contributed by atoms with E-state index in [1.165, 1.54) is 0 Å². The van der Waals surface area contributed by atoms with Gasteiger partial charge in [0, 0.05) is 32.3 Å². The molecular weight excluding hydrogens is 288 g/mol. The number of likely N-dealkylation sites (N-methyl/N-ethyl adjacent to an activating group) is 1. The molecule has 0 aromatic rings. The van der Waals surface area contributed by atoms with E-state index in [0.717, 1.165) is 25.6 Å². The molecule has 0 aliphatic rings. The number of alkyl carbamates (subject to hydrolysis) is 1. The second-order valence-electron chi connectivity index (χ2n) is 5.12. The van der Waals surface area contributed by atoms with E-state index in [4.69, 9.17) is 13.6 Å². The summed E-state index contributed by atoms with van der Waals surface area (Å²) in [5.74, 6) is 0. The van der Waals surface area contributed by atoms with Crippen molar-refractivity contribution in [2.24, 2.45) is 0 Å². The lowest BCUT2D eigenvalue weighted by Crippen LogP contribution is -2.42. The van der Waals surface area contributed by atoms with Crippen LogP contribution in [0.25, 0.3) is 0 Å². The molecule has 0 saturated heterocycles. The minimum atomic E-state index is -2.15. The molecule has 0 saturated carbocycles. The normalized spacial score (nSPS) is 11.7. The summed E-state index contributed by atoms with van der Waals surface area (Å²) in [6.45, 7) is 12.0. The van der Waals surface area contributed by atoms with Gasteiger partial charge in [-0.25, -0.2) is 4.79 Å². The fraction of sp³-hybridized carbons (Fsp3) is 0.929. The average molecular weight is 321 g/mol. The SMILES string of the molecule is CCCN(C)CCOC(=O)NCC[Si](C)(OCC)OCC. The minimum Gasteiger partial charge on any atom is -0.448 e. The summed E-state index contributed by atoms with van der Waals surface area (Å²) < 4.78 is 16.6. The maximum Gasteiger partial charge on any atom is 0.407 e. The monoisotopic (exact) mass is 320 g/mol. The maximum absolute atomic E-state index is 11.6. The van der Waals surface area contributed by atoms with Gasteiger partial charge in [0.2, 0.25) is 0 Å². The van der Waals surface area contributed by atoms with Gasteiger partial charge in [-0.2, -0.15) is 0 Å². The van der Waals surface area contributed by atoms with Crippen molar-refractivity contribution in [3.05, 3.63) is 0 Å². The number of rotatable bonds is 12. The first-order valence-electron chi connectivity index (χ1n) is 7.84. The van der Waals surface area contributed by atoms with Crippen LogP contribution in [0.15, 0.2) is 0 Å². The Morgan fingerprint density at radius 3 is 2.29 bits per heavy atom. The molecule has 0 rings (SSSR count). The molecular formula is C14H32N2O4Si. The summed E-state index contributed by atoms with van der Waals surface area (Å²) in [5, 5.41) is 2.76. The summed E-state index contributed by atoms with van der Waals surface area (Å²) in [4.78, 5) is 13.7. The van der Waals surface area contributed by atoms with Crippen molar-refractivity contribution < 1.29 is 18.4 Å². The van der Waals surface area contributed by atoms with Gasteiger partial charge in [0.05, 0.1) is 0 Å². The lowest BCUT2D eigenvalue weighted by atomic mass is 10.4. The first-order valence-corrected chi connectivity index (χ1v) is 10.4. The molecule has 0 aliphatic carbocycles. The van der Waals surface area contributed by atoms with Gasteiger partial charge in [0.1, 0.15) is 6.61 Å². The highest BCUT2D eigenvalue weighted by Crippen LogP contribution is 2.12. The Morgan fingerprint density at radius 1 is 1.14 bits per heavy atom. The fourth-order valence-electron chi connectivity index (χ4n) is 2.03. The number of nitrogens with one attached hydrogen (secondary N) is 1. The molecule has 0 aromatic carbocycles. The predicted octanol–water partition coefficient (Wildman–Crippen LogP) is 2.20. The van der Waals surface area contributed by atoms with Crippen LogP contribution in [-0.4, -0.2) is 66.1 Å². The third kappa shape index (κ3) is 10.7. The summed E-state index contributed by atoms with van der Waals surface area (Å²) >= 11 is 0. The van der Waals surface area contributed by atoms with E-state index in [1.807, 2.05) is 27.4 Å². The van der Waals surface area contributed by atoms with Crippen molar-refractivity contribution >= 4 is 14.7 Å². The lowest BCUT2D eigenvalue weighted by Gasteiger charge is -2.25. The molecule has 0 atom stereocenters. The maximum atomic E-state index is 11.6. The topological polar surface area (TPSA) is 60.0 Å². The molecule has 0 fully saturated rings. The number of amides is 1. The Bertz CT molecular complexity index is 274. The van der Waals surface area contributed by atoms with Crippen LogP contribution in [0.4, 0.5) is 4.79 Å². The molecule has 21 heavy (non-hydrogen) atoms. The number of nitrogens with zero attached hydrogens (tertiary/aromatic N) is 1. The molecule has 0 aromatic heterocycles. The van der Waals surface area contributed by atoms with E-state index in [-0.39, 0.29) is 6.09 Å². The highest BCUT2D eigenvalue weighted by Gasteiger charge is 2.30. The number of hydrogen-bond acceptors (Lipinski definition) is 5. The van der Waals surface area contributed by atoms with E-state index < -0.39 is 8.56 Å². The highest BCUT2D eigenvalue weighted by atomic mass is 28.4. The lowest BCUT2D eigenvalue weighted by molar-refractivity contribution is 0.132. The quantitative estimate of drug-likeness (QED) is 0.559. The average Bonchev–Trinajstić information content (AvgIpc) is 2.39. The van der Waals surface area contributed by atoms with E-state index in [1.54, 1.807) is 0 Å². The van der Waals surface area contributed by atoms with Gasteiger partial charge in [0.25, 0.3) is 0 Å². The molecule has 126 valence electrons. The third-order valence-electron chi connectivity index (χ3n) is 3.06. The summed E-state index contributed by atoms with van der Waals surface area (Å²) in [7, 11) is -0.135. The Balaban J connectivity index is 3.81. The largest absolute Gasteiger partial charge is 0.448 e. The van der Waals surface area contributed by atoms with Crippen LogP contribution in [0.3, 0.4) is 0 Å². The molecule has 7 heteroatoms. The molecule has 0 radical (unpaired) electrons. The molecule has 1 N–H and O–H groups in total. The van der Waals surface area contributed by atoms with Crippen molar-refractivity contribution in [2.45, 2.75) is 39.8 Å². The van der Waals surface area contributed by atoms with Gasteiger partial charge in [0.15, 0.2) is 0 Å². The number of ether oxygens (including phenoxy) is 1. The summed E-state index contributed by atoms with van der Waals surface area (Å²) in [5.41, 5.74) is 0.